The Balaban J connectivity index is 1.62. The van der Waals surface area contributed by atoms with Crippen LogP contribution in [0.5, 0.6) is 0 Å². The molecule has 0 atom stereocenters. The number of rotatable bonds is 6. The fourth-order valence-electron chi connectivity index (χ4n) is 2.12. The molecule has 0 amide bonds. The lowest BCUT2D eigenvalue weighted by Gasteiger charge is -2.10. The molecule has 0 fully saturated rings. The second kappa shape index (κ2) is 7.21. The maximum Gasteiger partial charge on any atom is 0.166 e. The third kappa shape index (κ3) is 4.86. The van der Waals surface area contributed by atoms with Crippen LogP contribution < -0.4 is 10.6 Å². The van der Waals surface area contributed by atoms with E-state index in [4.69, 9.17) is 12.2 Å². The van der Waals surface area contributed by atoms with Gasteiger partial charge in [-0.15, -0.1) is 0 Å². The molecule has 2 rings (SSSR count). The van der Waals surface area contributed by atoms with Gasteiger partial charge in [0.2, 0.25) is 0 Å². The average Bonchev–Trinajstić information content (AvgIpc) is 2.98. The van der Waals surface area contributed by atoms with Crippen molar-refractivity contribution in [3.63, 3.8) is 0 Å². The summed E-state index contributed by atoms with van der Waals surface area (Å²) in [5, 5.41) is 15.7. The van der Waals surface area contributed by atoms with E-state index in [0.29, 0.717) is 11.7 Å². The van der Waals surface area contributed by atoms with E-state index in [1.807, 2.05) is 30.9 Å². The lowest BCUT2D eigenvalue weighted by Crippen LogP contribution is -2.35. The van der Waals surface area contributed by atoms with E-state index in [1.54, 1.807) is 4.68 Å². The van der Waals surface area contributed by atoms with Crippen LogP contribution in [0.25, 0.3) is 0 Å². The molecule has 2 aromatic heterocycles. The molecule has 0 aliphatic rings. The highest BCUT2D eigenvalue weighted by molar-refractivity contribution is 7.80. The number of aromatic nitrogens is 4. The molecular weight excluding hydrogens is 284 g/mol. The van der Waals surface area contributed by atoms with Crippen LogP contribution in [0.4, 0.5) is 0 Å². The summed E-state index contributed by atoms with van der Waals surface area (Å²) in [6, 6.07) is 4.06. The van der Waals surface area contributed by atoms with Crippen molar-refractivity contribution in [1.29, 1.82) is 0 Å². The van der Waals surface area contributed by atoms with Crippen LogP contribution in [0.3, 0.4) is 0 Å². The molecule has 0 radical (unpaired) electrons. The minimum atomic E-state index is 0.643. The van der Waals surface area contributed by atoms with Gasteiger partial charge >= 0.3 is 0 Å². The number of aryl methyl sites for hydroxylation is 4. The highest BCUT2D eigenvalue weighted by Crippen LogP contribution is 2.02. The van der Waals surface area contributed by atoms with E-state index < -0.39 is 0 Å². The summed E-state index contributed by atoms with van der Waals surface area (Å²) in [7, 11) is 1.90. The molecule has 2 aromatic rings. The number of hydrogen-bond acceptors (Lipinski definition) is 3. The molecular formula is C14H22N6S. The van der Waals surface area contributed by atoms with Crippen LogP contribution in [-0.4, -0.2) is 31.2 Å². The Kier molecular flexibility index (Phi) is 5.32. The molecule has 21 heavy (non-hydrogen) atoms. The number of nitrogens with one attached hydrogen (secondary N) is 2. The molecule has 0 aromatic carbocycles. The van der Waals surface area contributed by atoms with Crippen molar-refractivity contribution in [1.82, 2.24) is 30.2 Å². The van der Waals surface area contributed by atoms with Crippen LogP contribution in [0.1, 0.15) is 23.5 Å². The number of nitrogens with zero attached hydrogens (tertiary/aromatic N) is 4. The van der Waals surface area contributed by atoms with E-state index in [0.717, 1.165) is 30.9 Å². The first kappa shape index (κ1) is 15.5. The van der Waals surface area contributed by atoms with Crippen LogP contribution in [0, 0.1) is 13.8 Å². The fraction of sp³-hybridized carbons (Fsp3) is 0.500. The summed E-state index contributed by atoms with van der Waals surface area (Å²) in [5.41, 5.74) is 3.24. The molecule has 0 spiro atoms. The van der Waals surface area contributed by atoms with Gasteiger partial charge in [-0.25, -0.2) is 0 Å². The molecule has 0 aliphatic carbocycles. The lowest BCUT2D eigenvalue weighted by atomic mass is 10.4. The predicted octanol–water partition coefficient (Wildman–Crippen LogP) is 1.29. The van der Waals surface area contributed by atoms with Gasteiger partial charge in [0.05, 0.1) is 17.9 Å². The Morgan fingerprint density at radius 1 is 1.29 bits per heavy atom. The van der Waals surface area contributed by atoms with Crippen LogP contribution in [0.2, 0.25) is 0 Å². The number of hydrogen-bond donors (Lipinski definition) is 2. The van der Waals surface area contributed by atoms with Crippen molar-refractivity contribution in [2.75, 3.05) is 6.54 Å². The minimum Gasteiger partial charge on any atom is -0.363 e. The van der Waals surface area contributed by atoms with Gasteiger partial charge in [-0.3, -0.25) is 9.36 Å². The maximum absolute atomic E-state index is 5.24. The van der Waals surface area contributed by atoms with Gasteiger partial charge in [0.1, 0.15) is 0 Å². The molecule has 0 saturated carbocycles. The molecule has 0 bridgehead atoms. The van der Waals surface area contributed by atoms with E-state index in [1.165, 1.54) is 5.69 Å². The molecule has 0 saturated heterocycles. The second-order valence-corrected chi connectivity index (χ2v) is 5.50. The third-order valence-corrected chi connectivity index (χ3v) is 3.42. The first-order valence-corrected chi connectivity index (χ1v) is 7.46. The summed E-state index contributed by atoms with van der Waals surface area (Å²) < 4.78 is 3.81. The highest BCUT2D eigenvalue weighted by atomic mass is 32.1. The van der Waals surface area contributed by atoms with E-state index in [9.17, 15) is 0 Å². The van der Waals surface area contributed by atoms with E-state index in [-0.39, 0.29) is 0 Å². The third-order valence-electron chi connectivity index (χ3n) is 3.13. The Morgan fingerprint density at radius 2 is 2.10 bits per heavy atom. The van der Waals surface area contributed by atoms with Crippen molar-refractivity contribution < 1.29 is 0 Å². The number of thiocarbonyl (C=S) groups is 1. The topological polar surface area (TPSA) is 59.7 Å². The van der Waals surface area contributed by atoms with E-state index in [2.05, 4.69) is 33.8 Å². The SMILES string of the molecule is Cc1cc(C)n(CCCNC(=S)NCc2ccn(C)n2)n1. The standard InChI is InChI=1S/C14H22N6S/c1-11-9-12(2)20(17-11)7-4-6-15-14(21)16-10-13-5-8-19(3)18-13/h5,8-9H,4,6-7,10H2,1-3H3,(H2,15,16,21). The predicted molar refractivity (Wildman–Crippen MR) is 87.0 cm³/mol. The van der Waals surface area contributed by atoms with Gasteiger partial charge in [-0.2, -0.15) is 10.2 Å². The average molecular weight is 306 g/mol. The Labute approximate surface area is 130 Å². The van der Waals surface area contributed by atoms with Crippen molar-refractivity contribution in [2.45, 2.75) is 33.4 Å². The molecule has 2 heterocycles. The molecule has 2 N–H and O–H groups in total. The molecule has 7 heteroatoms. The second-order valence-electron chi connectivity index (χ2n) is 5.09. The Bertz CT molecular complexity index is 600. The summed E-state index contributed by atoms with van der Waals surface area (Å²) in [6.07, 6.45) is 2.90. The van der Waals surface area contributed by atoms with Crippen LogP contribution in [0.15, 0.2) is 18.3 Å². The summed E-state index contributed by atoms with van der Waals surface area (Å²) in [5.74, 6) is 0. The van der Waals surface area contributed by atoms with Crippen molar-refractivity contribution in [3.8, 4) is 0 Å². The van der Waals surface area contributed by atoms with Gasteiger partial charge in [-0.1, -0.05) is 0 Å². The lowest BCUT2D eigenvalue weighted by molar-refractivity contribution is 0.556. The first-order valence-electron chi connectivity index (χ1n) is 7.06. The van der Waals surface area contributed by atoms with Gasteiger partial charge in [0, 0.05) is 32.0 Å². The minimum absolute atomic E-state index is 0.643. The molecule has 0 unspecified atom stereocenters. The van der Waals surface area contributed by atoms with Gasteiger partial charge < -0.3 is 10.6 Å². The molecule has 0 aliphatic heterocycles. The molecule has 6 nitrogen and oxygen atoms in total. The summed E-state index contributed by atoms with van der Waals surface area (Å²) in [4.78, 5) is 0. The summed E-state index contributed by atoms with van der Waals surface area (Å²) >= 11 is 5.24. The zero-order valence-corrected chi connectivity index (χ0v) is 13.6. The molecule has 114 valence electrons. The summed E-state index contributed by atoms with van der Waals surface area (Å²) in [6.45, 7) is 6.46. The quantitative estimate of drug-likeness (QED) is 0.622. The van der Waals surface area contributed by atoms with Crippen LogP contribution in [-0.2, 0) is 20.1 Å². The smallest absolute Gasteiger partial charge is 0.166 e. The Morgan fingerprint density at radius 3 is 2.71 bits per heavy atom. The normalized spacial score (nSPS) is 10.6. The fourth-order valence-corrected chi connectivity index (χ4v) is 2.30. The van der Waals surface area contributed by atoms with Crippen molar-refractivity contribution >= 4 is 17.3 Å². The van der Waals surface area contributed by atoms with Gasteiger partial charge in [0.15, 0.2) is 5.11 Å². The van der Waals surface area contributed by atoms with Gasteiger partial charge in [-0.05, 0) is 44.6 Å². The first-order chi connectivity index (χ1) is 10.0. The zero-order chi connectivity index (χ0) is 15.2. The van der Waals surface area contributed by atoms with Crippen LogP contribution >= 0.6 is 12.2 Å². The zero-order valence-electron chi connectivity index (χ0n) is 12.8. The van der Waals surface area contributed by atoms with Crippen molar-refractivity contribution in [2.24, 2.45) is 7.05 Å². The monoisotopic (exact) mass is 306 g/mol. The van der Waals surface area contributed by atoms with Gasteiger partial charge in [0.25, 0.3) is 0 Å². The van der Waals surface area contributed by atoms with E-state index >= 15 is 0 Å². The maximum atomic E-state index is 5.24. The largest absolute Gasteiger partial charge is 0.363 e. The highest BCUT2D eigenvalue weighted by Gasteiger charge is 2.01. The Hall–Kier alpha value is -1.89. The van der Waals surface area contributed by atoms with Crippen molar-refractivity contribution in [3.05, 3.63) is 35.4 Å².